The smallest absolute Gasteiger partial charge is 0.366 e. The number of hydrogen-bond donors (Lipinski definition) is 1. The number of aromatic nitrogens is 1. The quantitative estimate of drug-likeness (QED) is 0.638. The molecule has 1 unspecified atom stereocenters. The first-order valence-electron chi connectivity index (χ1n) is 8.39. The Kier molecular flexibility index (Phi) is 5.02. The van der Waals surface area contributed by atoms with E-state index in [0.717, 1.165) is 10.5 Å². The largest absolute Gasteiger partial charge is 0.474 e. The number of carbonyl (C=O) groups excluding carboxylic acids is 2. The summed E-state index contributed by atoms with van der Waals surface area (Å²) < 4.78 is 5.56. The summed E-state index contributed by atoms with van der Waals surface area (Å²) >= 11 is 0. The van der Waals surface area contributed by atoms with Gasteiger partial charge in [-0.2, -0.15) is 0 Å². The van der Waals surface area contributed by atoms with Crippen molar-refractivity contribution < 1.29 is 19.2 Å². The predicted molar refractivity (Wildman–Crippen MR) is 97.8 cm³/mol. The molecule has 3 rings (SSSR count). The van der Waals surface area contributed by atoms with Crippen LogP contribution in [0, 0.1) is 17.0 Å². The van der Waals surface area contributed by atoms with Crippen LogP contribution < -0.4 is 15.0 Å². The standard InChI is InChI=1S/C18H18N4O5/c1-3-13-18(24)21(10-16(23)19-12-6-4-11(2)5-7-12)17-14(27-13)8-9-15(20-17)22(25)26/h4-9,13H,3,10H2,1-2H3,(H,19,23). The molecule has 9 nitrogen and oxygen atoms in total. The fourth-order valence-corrected chi connectivity index (χ4v) is 2.69. The van der Waals surface area contributed by atoms with Gasteiger partial charge in [-0.25, -0.2) is 0 Å². The lowest BCUT2D eigenvalue weighted by Crippen LogP contribution is -2.49. The molecule has 0 fully saturated rings. The second kappa shape index (κ2) is 7.40. The van der Waals surface area contributed by atoms with Crippen LogP contribution in [0.15, 0.2) is 36.4 Å². The zero-order valence-electron chi connectivity index (χ0n) is 14.8. The number of aryl methyl sites for hydroxylation is 1. The van der Waals surface area contributed by atoms with Crippen LogP contribution >= 0.6 is 0 Å². The molecule has 1 atom stereocenters. The highest BCUT2D eigenvalue weighted by Gasteiger charge is 2.39. The van der Waals surface area contributed by atoms with Crippen LogP contribution in [-0.2, 0) is 9.59 Å². The Balaban J connectivity index is 1.87. The molecule has 9 heteroatoms. The highest BCUT2D eigenvalue weighted by atomic mass is 16.6. The minimum absolute atomic E-state index is 0.0297. The topological polar surface area (TPSA) is 115 Å². The minimum atomic E-state index is -0.770. The number of anilines is 2. The van der Waals surface area contributed by atoms with Crippen molar-refractivity contribution in [1.29, 1.82) is 0 Å². The van der Waals surface area contributed by atoms with Crippen molar-refractivity contribution in [2.24, 2.45) is 0 Å². The van der Waals surface area contributed by atoms with Crippen molar-refractivity contribution in [2.45, 2.75) is 26.4 Å². The molecule has 0 bridgehead atoms. The maximum Gasteiger partial charge on any atom is 0.366 e. The van der Waals surface area contributed by atoms with E-state index in [-0.39, 0.29) is 18.1 Å². The van der Waals surface area contributed by atoms with E-state index in [1.54, 1.807) is 19.1 Å². The molecule has 0 spiro atoms. The molecule has 1 aromatic heterocycles. The molecule has 1 aromatic carbocycles. The third kappa shape index (κ3) is 3.86. The first kappa shape index (κ1) is 18.3. The van der Waals surface area contributed by atoms with Gasteiger partial charge >= 0.3 is 5.82 Å². The van der Waals surface area contributed by atoms with Gasteiger partial charge in [0.05, 0.1) is 0 Å². The fourth-order valence-electron chi connectivity index (χ4n) is 2.69. The van der Waals surface area contributed by atoms with Gasteiger partial charge in [0.15, 0.2) is 11.9 Å². The maximum absolute atomic E-state index is 12.6. The molecular formula is C18H18N4O5. The third-order valence-electron chi connectivity index (χ3n) is 4.09. The molecule has 1 N–H and O–H groups in total. The van der Waals surface area contributed by atoms with Gasteiger partial charge in [-0.15, -0.1) is 0 Å². The Labute approximate surface area is 155 Å². The molecule has 0 aliphatic carbocycles. The second-order valence-electron chi connectivity index (χ2n) is 6.10. The van der Waals surface area contributed by atoms with E-state index in [1.165, 1.54) is 12.1 Å². The number of hydrogen-bond acceptors (Lipinski definition) is 6. The van der Waals surface area contributed by atoms with E-state index in [2.05, 4.69) is 10.3 Å². The number of rotatable bonds is 5. The van der Waals surface area contributed by atoms with Gasteiger partial charge in [-0.05, 0) is 41.5 Å². The molecule has 27 heavy (non-hydrogen) atoms. The summed E-state index contributed by atoms with van der Waals surface area (Å²) in [6, 6.07) is 9.79. The Morgan fingerprint density at radius 1 is 1.30 bits per heavy atom. The summed E-state index contributed by atoms with van der Waals surface area (Å²) in [5, 5.41) is 13.7. The molecule has 1 aliphatic heterocycles. The number of pyridine rings is 1. The molecule has 0 saturated carbocycles. The number of ether oxygens (including phenoxy) is 1. The molecule has 140 valence electrons. The normalized spacial score (nSPS) is 15.7. The van der Waals surface area contributed by atoms with Crippen LogP contribution in [0.2, 0.25) is 0 Å². The second-order valence-corrected chi connectivity index (χ2v) is 6.10. The average molecular weight is 370 g/mol. The summed E-state index contributed by atoms with van der Waals surface area (Å²) in [6.45, 7) is 3.38. The van der Waals surface area contributed by atoms with Gasteiger partial charge < -0.3 is 20.2 Å². The Hall–Kier alpha value is -3.49. The van der Waals surface area contributed by atoms with Crippen molar-refractivity contribution in [1.82, 2.24) is 4.98 Å². The number of carbonyl (C=O) groups is 2. The summed E-state index contributed by atoms with van der Waals surface area (Å²) in [6.07, 6.45) is -0.376. The van der Waals surface area contributed by atoms with E-state index in [4.69, 9.17) is 4.74 Å². The van der Waals surface area contributed by atoms with E-state index < -0.39 is 28.7 Å². The zero-order chi connectivity index (χ0) is 19.6. The molecular weight excluding hydrogens is 352 g/mol. The van der Waals surface area contributed by atoms with E-state index in [0.29, 0.717) is 12.1 Å². The minimum Gasteiger partial charge on any atom is -0.474 e. The van der Waals surface area contributed by atoms with Crippen molar-refractivity contribution >= 4 is 29.1 Å². The van der Waals surface area contributed by atoms with E-state index in [1.807, 2.05) is 19.1 Å². The lowest BCUT2D eigenvalue weighted by Gasteiger charge is -2.30. The zero-order valence-corrected chi connectivity index (χ0v) is 14.8. The average Bonchev–Trinajstić information content (AvgIpc) is 2.65. The van der Waals surface area contributed by atoms with E-state index in [9.17, 15) is 19.7 Å². The Morgan fingerprint density at radius 3 is 2.63 bits per heavy atom. The van der Waals surface area contributed by atoms with Crippen LogP contribution in [0.5, 0.6) is 5.75 Å². The van der Waals surface area contributed by atoms with Gasteiger partial charge in [0.2, 0.25) is 5.91 Å². The molecule has 0 saturated heterocycles. The Bertz CT molecular complexity index is 897. The highest BCUT2D eigenvalue weighted by molar-refractivity contribution is 6.05. The SMILES string of the molecule is CCC1Oc2ccc([N+](=O)[O-])nc2N(CC(=O)Nc2ccc(C)cc2)C1=O. The molecule has 0 radical (unpaired) electrons. The van der Waals surface area contributed by atoms with Crippen molar-refractivity contribution in [3.8, 4) is 5.75 Å². The summed E-state index contributed by atoms with van der Waals surface area (Å²) in [5.74, 6) is -1.13. The molecule has 2 heterocycles. The molecule has 1 aliphatic rings. The maximum atomic E-state index is 12.6. The number of nitrogens with one attached hydrogen (secondary N) is 1. The van der Waals surface area contributed by atoms with Crippen LogP contribution in [0.3, 0.4) is 0 Å². The number of fused-ring (bicyclic) bond motifs is 1. The lowest BCUT2D eigenvalue weighted by atomic mass is 10.2. The van der Waals surface area contributed by atoms with Gasteiger partial charge in [0.25, 0.3) is 11.7 Å². The van der Waals surface area contributed by atoms with Gasteiger partial charge in [-0.1, -0.05) is 24.6 Å². The monoisotopic (exact) mass is 370 g/mol. The first-order chi connectivity index (χ1) is 12.9. The Morgan fingerprint density at radius 2 is 2.00 bits per heavy atom. The summed E-state index contributed by atoms with van der Waals surface area (Å²) in [5.41, 5.74) is 1.64. The summed E-state index contributed by atoms with van der Waals surface area (Å²) in [4.78, 5) is 40.4. The van der Waals surface area contributed by atoms with Gasteiger partial charge in [0, 0.05) is 11.8 Å². The number of nitrogens with zero attached hydrogens (tertiary/aromatic N) is 3. The van der Waals surface area contributed by atoms with Gasteiger partial charge in [-0.3, -0.25) is 14.5 Å². The number of benzene rings is 1. The van der Waals surface area contributed by atoms with Crippen LogP contribution in [0.25, 0.3) is 0 Å². The lowest BCUT2D eigenvalue weighted by molar-refractivity contribution is -0.389. The van der Waals surface area contributed by atoms with Crippen molar-refractivity contribution in [3.05, 3.63) is 52.1 Å². The van der Waals surface area contributed by atoms with Crippen LogP contribution in [-0.4, -0.2) is 34.4 Å². The predicted octanol–water partition coefficient (Wildman–Crippen LogP) is 2.44. The van der Waals surface area contributed by atoms with E-state index >= 15 is 0 Å². The first-order valence-corrected chi connectivity index (χ1v) is 8.39. The van der Waals surface area contributed by atoms with Crippen LogP contribution in [0.1, 0.15) is 18.9 Å². The highest BCUT2D eigenvalue weighted by Crippen LogP contribution is 2.34. The van der Waals surface area contributed by atoms with Crippen LogP contribution in [0.4, 0.5) is 17.3 Å². The molecule has 2 aromatic rings. The van der Waals surface area contributed by atoms with Crippen molar-refractivity contribution in [2.75, 3.05) is 16.8 Å². The van der Waals surface area contributed by atoms with Crippen molar-refractivity contribution in [3.63, 3.8) is 0 Å². The number of amides is 2. The summed E-state index contributed by atoms with van der Waals surface area (Å²) in [7, 11) is 0. The van der Waals surface area contributed by atoms with Gasteiger partial charge in [0.1, 0.15) is 6.54 Å². The molecule has 2 amide bonds. The number of nitro groups is 1. The fraction of sp³-hybridized carbons (Fsp3) is 0.278. The third-order valence-corrected chi connectivity index (χ3v) is 4.09.